The second-order valence-corrected chi connectivity index (χ2v) is 6.55. The molecule has 0 radical (unpaired) electrons. The average Bonchev–Trinajstić information content (AvgIpc) is 3.23. The van der Waals surface area contributed by atoms with Crippen LogP contribution in [-0.4, -0.2) is 65.0 Å². The zero-order valence-electron chi connectivity index (χ0n) is 15.7. The third-order valence-electron chi connectivity index (χ3n) is 4.74. The fourth-order valence-corrected chi connectivity index (χ4v) is 3.07. The number of aryl methyl sites for hydroxylation is 2. The number of anilines is 1. The van der Waals surface area contributed by atoms with Crippen molar-refractivity contribution in [2.45, 2.75) is 20.4 Å². The number of carbonyl (C=O) groups is 1. The summed E-state index contributed by atoms with van der Waals surface area (Å²) in [6, 6.07) is 3.58. The lowest BCUT2D eigenvalue weighted by molar-refractivity contribution is 0.0347. The molecule has 0 unspecified atom stereocenters. The Morgan fingerprint density at radius 3 is 2.73 bits per heavy atom. The Balaban J connectivity index is 1.67. The first-order chi connectivity index (χ1) is 12.5. The number of nitrogens with one attached hydrogen (secondary N) is 1. The van der Waals surface area contributed by atoms with Crippen LogP contribution in [0.1, 0.15) is 17.1 Å². The lowest BCUT2D eigenvalue weighted by atomic mass is 10.3. The number of carbonyl (C=O) groups excluding carboxylic acids is 1. The Morgan fingerprint density at radius 1 is 1.35 bits per heavy atom. The minimum atomic E-state index is -0.145. The number of hydrogen-bond acceptors (Lipinski definition) is 5. The highest BCUT2D eigenvalue weighted by Gasteiger charge is 2.20. The molecule has 0 aromatic carbocycles. The van der Waals surface area contributed by atoms with Gasteiger partial charge in [-0.25, -0.2) is 4.79 Å². The van der Waals surface area contributed by atoms with Crippen molar-refractivity contribution in [3.05, 3.63) is 35.5 Å². The summed E-state index contributed by atoms with van der Waals surface area (Å²) in [5, 5.41) is 7.38. The van der Waals surface area contributed by atoms with Crippen LogP contribution in [0.25, 0.3) is 0 Å². The molecule has 1 aliphatic heterocycles. The van der Waals surface area contributed by atoms with E-state index in [0.29, 0.717) is 13.1 Å². The molecular formula is C18H27N5O3. The van der Waals surface area contributed by atoms with Crippen LogP contribution >= 0.6 is 0 Å². The SMILES string of the molecule is Cc1nn(C)c(C)c1NC(=O)N(CCN1CCOCC1)Cc1ccco1. The summed E-state index contributed by atoms with van der Waals surface area (Å²) >= 11 is 0. The lowest BCUT2D eigenvalue weighted by Gasteiger charge is -2.30. The third kappa shape index (κ3) is 4.44. The Labute approximate surface area is 153 Å². The molecule has 2 aromatic rings. The van der Waals surface area contributed by atoms with E-state index < -0.39 is 0 Å². The van der Waals surface area contributed by atoms with Crippen molar-refractivity contribution in [2.24, 2.45) is 7.05 Å². The van der Waals surface area contributed by atoms with Gasteiger partial charge in [0, 0.05) is 33.2 Å². The van der Waals surface area contributed by atoms with E-state index >= 15 is 0 Å². The van der Waals surface area contributed by atoms with E-state index in [0.717, 1.165) is 55.7 Å². The van der Waals surface area contributed by atoms with Gasteiger partial charge in [-0.1, -0.05) is 0 Å². The second-order valence-electron chi connectivity index (χ2n) is 6.55. The van der Waals surface area contributed by atoms with Gasteiger partial charge in [0.05, 0.1) is 43.1 Å². The highest BCUT2D eigenvalue weighted by atomic mass is 16.5. The molecule has 0 spiro atoms. The monoisotopic (exact) mass is 361 g/mol. The summed E-state index contributed by atoms with van der Waals surface area (Å²) in [5.41, 5.74) is 2.51. The Hall–Kier alpha value is -2.32. The molecule has 1 aliphatic rings. The molecule has 3 rings (SSSR count). The van der Waals surface area contributed by atoms with Crippen molar-refractivity contribution >= 4 is 11.7 Å². The van der Waals surface area contributed by atoms with E-state index in [4.69, 9.17) is 9.15 Å². The van der Waals surface area contributed by atoms with Crippen molar-refractivity contribution < 1.29 is 13.9 Å². The van der Waals surface area contributed by atoms with E-state index in [-0.39, 0.29) is 6.03 Å². The maximum Gasteiger partial charge on any atom is 0.322 e. The number of rotatable bonds is 6. The summed E-state index contributed by atoms with van der Waals surface area (Å²) in [6.07, 6.45) is 1.63. The fourth-order valence-electron chi connectivity index (χ4n) is 3.07. The molecule has 0 bridgehead atoms. The molecule has 2 aromatic heterocycles. The fraction of sp³-hybridized carbons (Fsp3) is 0.556. The zero-order chi connectivity index (χ0) is 18.5. The van der Waals surface area contributed by atoms with Crippen molar-refractivity contribution in [3.63, 3.8) is 0 Å². The molecule has 0 atom stereocenters. The van der Waals surface area contributed by atoms with Crippen LogP contribution in [-0.2, 0) is 18.3 Å². The Kier molecular flexibility index (Phi) is 5.95. The molecule has 26 heavy (non-hydrogen) atoms. The summed E-state index contributed by atoms with van der Waals surface area (Å²) in [5.74, 6) is 0.766. The van der Waals surface area contributed by atoms with Crippen LogP contribution in [0.2, 0.25) is 0 Å². The maximum absolute atomic E-state index is 12.9. The number of urea groups is 1. The van der Waals surface area contributed by atoms with Crippen molar-refractivity contribution in [1.29, 1.82) is 0 Å². The number of morpholine rings is 1. The number of ether oxygens (including phenoxy) is 1. The smallest absolute Gasteiger partial charge is 0.322 e. The third-order valence-corrected chi connectivity index (χ3v) is 4.74. The topological polar surface area (TPSA) is 75.8 Å². The minimum absolute atomic E-state index is 0.145. The number of amides is 2. The minimum Gasteiger partial charge on any atom is -0.467 e. The predicted octanol–water partition coefficient (Wildman–Crippen LogP) is 2.00. The quantitative estimate of drug-likeness (QED) is 0.852. The summed E-state index contributed by atoms with van der Waals surface area (Å²) in [4.78, 5) is 17.0. The highest BCUT2D eigenvalue weighted by molar-refractivity contribution is 5.90. The standard InChI is InChI=1S/C18H27N5O3/c1-14-17(15(2)21(3)20-14)19-18(24)23(13-16-5-4-10-26-16)7-6-22-8-11-25-12-9-22/h4-5,10H,6-9,11-13H2,1-3H3,(H,19,24). The molecule has 0 aliphatic carbocycles. The van der Waals surface area contributed by atoms with E-state index in [1.54, 1.807) is 15.8 Å². The van der Waals surface area contributed by atoms with Gasteiger partial charge >= 0.3 is 6.03 Å². The molecular weight excluding hydrogens is 334 g/mol. The van der Waals surface area contributed by atoms with Crippen molar-refractivity contribution in [3.8, 4) is 0 Å². The average molecular weight is 361 g/mol. The van der Waals surface area contributed by atoms with Gasteiger partial charge in [0.15, 0.2) is 0 Å². The number of nitrogens with zero attached hydrogens (tertiary/aromatic N) is 4. The highest BCUT2D eigenvalue weighted by Crippen LogP contribution is 2.19. The van der Waals surface area contributed by atoms with Crippen molar-refractivity contribution in [2.75, 3.05) is 44.7 Å². The number of hydrogen-bond donors (Lipinski definition) is 1. The van der Waals surface area contributed by atoms with E-state index in [1.165, 1.54) is 0 Å². The normalized spacial score (nSPS) is 15.2. The largest absolute Gasteiger partial charge is 0.467 e. The molecule has 1 N–H and O–H groups in total. The first-order valence-corrected chi connectivity index (χ1v) is 8.93. The van der Waals surface area contributed by atoms with Crippen LogP contribution < -0.4 is 5.32 Å². The van der Waals surface area contributed by atoms with Gasteiger partial charge < -0.3 is 19.4 Å². The molecule has 142 valence electrons. The molecule has 3 heterocycles. The first kappa shape index (κ1) is 18.5. The number of furan rings is 1. The van der Waals surface area contributed by atoms with E-state index in [2.05, 4.69) is 15.3 Å². The first-order valence-electron chi connectivity index (χ1n) is 8.93. The molecule has 1 fully saturated rings. The molecule has 2 amide bonds. The Morgan fingerprint density at radius 2 is 2.12 bits per heavy atom. The summed E-state index contributed by atoms with van der Waals surface area (Å²) in [6.45, 7) is 8.99. The van der Waals surface area contributed by atoms with Crippen LogP contribution in [0, 0.1) is 13.8 Å². The van der Waals surface area contributed by atoms with Gasteiger partial charge in [-0.3, -0.25) is 9.58 Å². The zero-order valence-corrected chi connectivity index (χ0v) is 15.7. The molecule has 8 heteroatoms. The molecule has 8 nitrogen and oxygen atoms in total. The Bertz CT molecular complexity index is 720. The molecule has 0 saturated carbocycles. The summed E-state index contributed by atoms with van der Waals surface area (Å²) < 4.78 is 12.6. The van der Waals surface area contributed by atoms with E-state index in [9.17, 15) is 4.79 Å². The van der Waals surface area contributed by atoms with Crippen LogP contribution in [0.5, 0.6) is 0 Å². The lowest BCUT2D eigenvalue weighted by Crippen LogP contribution is -2.44. The van der Waals surface area contributed by atoms with Gasteiger partial charge in [-0.2, -0.15) is 5.10 Å². The van der Waals surface area contributed by atoms with Gasteiger partial charge in [0.2, 0.25) is 0 Å². The molecule has 1 saturated heterocycles. The van der Waals surface area contributed by atoms with Crippen LogP contribution in [0.15, 0.2) is 22.8 Å². The van der Waals surface area contributed by atoms with E-state index in [1.807, 2.05) is 33.0 Å². The van der Waals surface area contributed by atoms with Gasteiger partial charge in [-0.05, 0) is 26.0 Å². The summed E-state index contributed by atoms with van der Waals surface area (Å²) in [7, 11) is 1.87. The number of aromatic nitrogens is 2. The van der Waals surface area contributed by atoms with Crippen molar-refractivity contribution in [1.82, 2.24) is 19.6 Å². The van der Waals surface area contributed by atoms with Gasteiger partial charge in [-0.15, -0.1) is 0 Å². The maximum atomic E-state index is 12.9. The van der Waals surface area contributed by atoms with Gasteiger partial charge in [0.1, 0.15) is 5.76 Å². The van der Waals surface area contributed by atoms with Gasteiger partial charge in [0.25, 0.3) is 0 Å². The second kappa shape index (κ2) is 8.37. The predicted molar refractivity (Wildman–Crippen MR) is 98.1 cm³/mol. The van der Waals surface area contributed by atoms with Crippen LogP contribution in [0.3, 0.4) is 0 Å². The van der Waals surface area contributed by atoms with Crippen LogP contribution in [0.4, 0.5) is 10.5 Å².